The van der Waals surface area contributed by atoms with Gasteiger partial charge in [-0.2, -0.15) is 5.10 Å². The van der Waals surface area contributed by atoms with E-state index in [2.05, 4.69) is 15.8 Å². The third kappa shape index (κ3) is 6.38. The lowest BCUT2D eigenvalue weighted by atomic mass is 10.2. The topological polar surface area (TPSA) is 123 Å². The number of carbonyl (C=O) groups is 2. The number of rotatable bonds is 8. The van der Waals surface area contributed by atoms with Gasteiger partial charge in [-0.3, -0.25) is 19.7 Å². The van der Waals surface area contributed by atoms with Gasteiger partial charge in [0.1, 0.15) is 5.75 Å². The molecule has 32 heavy (non-hydrogen) atoms. The van der Waals surface area contributed by atoms with Gasteiger partial charge in [0, 0.05) is 17.7 Å². The number of ether oxygens (including phenoxy) is 1. The van der Waals surface area contributed by atoms with E-state index >= 15 is 0 Å². The van der Waals surface area contributed by atoms with E-state index in [1.54, 1.807) is 48.5 Å². The van der Waals surface area contributed by atoms with E-state index in [0.717, 1.165) is 0 Å². The van der Waals surface area contributed by atoms with Crippen molar-refractivity contribution >= 4 is 41.0 Å². The van der Waals surface area contributed by atoms with Crippen molar-refractivity contribution in [1.82, 2.24) is 5.43 Å². The first-order chi connectivity index (χ1) is 15.4. The Morgan fingerprint density at radius 2 is 1.81 bits per heavy atom. The van der Waals surface area contributed by atoms with Gasteiger partial charge in [0.15, 0.2) is 6.61 Å². The first-order valence-corrected chi connectivity index (χ1v) is 9.65. The number of benzene rings is 3. The van der Waals surface area contributed by atoms with Crippen molar-refractivity contribution in [2.24, 2.45) is 5.10 Å². The lowest BCUT2D eigenvalue weighted by molar-refractivity contribution is -0.384. The molecule has 0 aliphatic carbocycles. The molecule has 0 spiro atoms. The monoisotopic (exact) mass is 452 g/mol. The summed E-state index contributed by atoms with van der Waals surface area (Å²) in [6.45, 7) is -0.220. The average Bonchev–Trinajstić information content (AvgIpc) is 2.79. The summed E-state index contributed by atoms with van der Waals surface area (Å²) >= 11 is 6.01. The van der Waals surface area contributed by atoms with Crippen LogP contribution in [0.15, 0.2) is 77.9 Å². The number of non-ortho nitro benzene ring substituents is 1. The van der Waals surface area contributed by atoms with Gasteiger partial charge in [0.05, 0.1) is 21.8 Å². The van der Waals surface area contributed by atoms with Crippen LogP contribution in [0, 0.1) is 10.1 Å². The summed E-state index contributed by atoms with van der Waals surface area (Å²) < 4.78 is 5.49. The zero-order chi connectivity index (χ0) is 22.9. The van der Waals surface area contributed by atoms with Crippen LogP contribution >= 0.6 is 11.6 Å². The van der Waals surface area contributed by atoms with Crippen LogP contribution in [0.2, 0.25) is 5.02 Å². The Bertz CT molecular complexity index is 1160. The zero-order valence-electron chi connectivity index (χ0n) is 16.5. The Labute approximate surface area is 187 Å². The van der Waals surface area contributed by atoms with Gasteiger partial charge in [0.2, 0.25) is 0 Å². The first-order valence-electron chi connectivity index (χ1n) is 9.27. The summed E-state index contributed by atoms with van der Waals surface area (Å²) in [5, 5.41) is 17.6. The van der Waals surface area contributed by atoms with Crippen LogP contribution in [0.25, 0.3) is 0 Å². The van der Waals surface area contributed by atoms with Crippen molar-refractivity contribution in [2.45, 2.75) is 0 Å². The number of para-hydroxylation sites is 1. The Morgan fingerprint density at radius 1 is 1.06 bits per heavy atom. The highest BCUT2D eigenvalue weighted by Crippen LogP contribution is 2.20. The number of carbonyl (C=O) groups excluding carboxylic acids is 2. The van der Waals surface area contributed by atoms with Gasteiger partial charge in [-0.05, 0) is 42.0 Å². The molecule has 0 atom stereocenters. The molecule has 3 aromatic rings. The fourth-order valence-electron chi connectivity index (χ4n) is 2.55. The minimum absolute atomic E-state index is 0.109. The maximum atomic E-state index is 12.1. The van der Waals surface area contributed by atoms with Gasteiger partial charge in [0.25, 0.3) is 17.5 Å². The highest BCUT2D eigenvalue weighted by molar-refractivity contribution is 6.33. The molecule has 3 aromatic carbocycles. The van der Waals surface area contributed by atoms with Crippen LogP contribution in [-0.4, -0.2) is 29.6 Å². The van der Waals surface area contributed by atoms with Gasteiger partial charge in [-0.1, -0.05) is 35.9 Å². The molecule has 0 saturated heterocycles. The maximum Gasteiger partial charge on any atom is 0.271 e. The Hall–Kier alpha value is -4.24. The fraction of sp³-hybridized carbons (Fsp3) is 0.0455. The summed E-state index contributed by atoms with van der Waals surface area (Å²) in [6.07, 6.45) is 1.40. The van der Waals surface area contributed by atoms with E-state index in [1.165, 1.54) is 30.5 Å². The summed E-state index contributed by atoms with van der Waals surface area (Å²) in [5.74, 6) is -0.447. The van der Waals surface area contributed by atoms with E-state index in [0.29, 0.717) is 22.0 Å². The van der Waals surface area contributed by atoms with Crippen molar-refractivity contribution in [2.75, 3.05) is 11.9 Å². The molecular weight excluding hydrogens is 436 g/mol. The largest absolute Gasteiger partial charge is 0.484 e. The second-order valence-electron chi connectivity index (χ2n) is 6.39. The zero-order valence-corrected chi connectivity index (χ0v) is 17.3. The number of nitro benzene ring substituents is 1. The summed E-state index contributed by atoms with van der Waals surface area (Å²) in [5.41, 5.74) is 3.58. The molecule has 0 unspecified atom stereocenters. The standard InChI is InChI=1S/C22H17ClN4O5/c23-19-6-1-2-7-20(19)25-21(28)14-32-18-5-3-4-15(12-18)13-24-26-22(29)16-8-10-17(11-9-16)27(30)31/h1-13H,14H2,(H,25,28)(H,26,29)/b24-13+. The average molecular weight is 453 g/mol. The number of halogens is 1. The highest BCUT2D eigenvalue weighted by atomic mass is 35.5. The molecule has 0 aliphatic heterocycles. The van der Waals surface area contributed by atoms with Gasteiger partial charge in [-0.25, -0.2) is 5.43 Å². The van der Waals surface area contributed by atoms with Crippen LogP contribution < -0.4 is 15.5 Å². The maximum absolute atomic E-state index is 12.1. The molecule has 0 fully saturated rings. The number of nitrogens with one attached hydrogen (secondary N) is 2. The summed E-state index contributed by atoms with van der Waals surface area (Å²) in [7, 11) is 0. The van der Waals surface area contributed by atoms with E-state index in [-0.39, 0.29) is 23.8 Å². The molecule has 2 amide bonds. The van der Waals surface area contributed by atoms with Gasteiger partial charge < -0.3 is 10.1 Å². The van der Waals surface area contributed by atoms with Crippen molar-refractivity contribution in [3.8, 4) is 5.75 Å². The SMILES string of the molecule is O=C(COc1cccc(/C=N/NC(=O)c2ccc([N+](=O)[O-])cc2)c1)Nc1ccccc1Cl. The Morgan fingerprint density at radius 3 is 2.53 bits per heavy atom. The molecule has 3 rings (SSSR count). The first kappa shape index (κ1) is 22.4. The molecule has 2 N–H and O–H groups in total. The second-order valence-corrected chi connectivity index (χ2v) is 6.80. The third-order valence-electron chi connectivity index (χ3n) is 4.10. The number of nitro groups is 1. The number of hydrogen-bond acceptors (Lipinski definition) is 6. The molecule has 0 bridgehead atoms. The van der Waals surface area contributed by atoms with E-state index in [9.17, 15) is 19.7 Å². The normalized spacial score (nSPS) is 10.5. The van der Waals surface area contributed by atoms with Crippen LogP contribution in [0.5, 0.6) is 5.75 Å². The fourth-order valence-corrected chi connectivity index (χ4v) is 2.73. The number of nitrogens with zero attached hydrogens (tertiary/aromatic N) is 2. The third-order valence-corrected chi connectivity index (χ3v) is 4.43. The van der Waals surface area contributed by atoms with Crippen molar-refractivity contribution < 1.29 is 19.2 Å². The lowest BCUT2D eigenvalue weighted by Crippen LogP contribution is -2.20. The van der Waals surface area contributed by atoms with Crippen LogP contribution in [-0.2, 0) is 4.79 Å². The Kier molecular flexibility index (Phi) is 7.50. The molecule has 0 radical (unpaired) electrons. The predicted octanol–water partition coefficient (Wildman–Crippen LogP) is 4.03. The van der Waals surface area contributed by atoms with Gasteiger partial charge in [-0.15, -0.1) is 0 Å². The Balaban J connectivity index is 1.52. The van der Waals surface area contributed by atoms with Crippen molar-refractivity contribution in [3.63, 3.8) is 0 Å². The van der Waals surface area contributed by atoms with E-state index in [4.69, 9.17) is 16.3 Å². The molecule has 0 aliphatic rings. The molecule has 162 valence electrons. The minimum atomic E-state index is -0.546. The summed E-state index contributed by atoms with van der Waals surface area (Å²) in [6, 6.07) is 18.8. The molecule has 0 heterocycles. The predicted molar refractivity (Wildman–Crippen MR) is 120 cm³/mol. The molecule has 0 saturated carbocycles. The number of hydrogen-bond donors (Lipinski definition) is 2. The molecule has 10 heteroatoms. The lowest BCUT2D eigenvalue weighted by Gasteiger charge is -2.09. The molecule has 0 aromatic heterocycles. The van der Waals surface area contributed by atoms with Gasteiger partial charge >= 0.3 is 0 Å². The smallest absolute Gasteiger partial charge is 0.271 e. The number of anilines is 1. The van der Waals surface area contributed by atoms with E-state index in [1.807, 2.05) is 0 Å². The van der Waals surface area contributed by atoms with Crippen molar-refractivity contribution in [3.05, 3.63) is 99.1 Å². The van der Waals surface area contributed by atoms with Crippen LogP contribution in [0.3, 0.4) is 0 Å². The van der Waals surface area contributed by atoms with Crippen LogP contribution in [0.1, 0.15) is 15.9 Å². The van der Waals surface area contributed by atoms with Crippen molar-refractivity contribution in [1.29, 1.82) is 0 Å². The summed E-state index contributed by atoms with van der Waals surface area (Å²) in [4.78, 5) is 34.2. The van der Waals surface area contributed by atoms with E-state index < -0.39 is 10.8 Å². The quantitative estimate of drug-likeness (QED) is 0.303. The molecule has 9 nitrogen and oxygen atoms in total. The minimum Gasteiger partial charge on any atom is -0.484 e. The second kappa shape index (κ2) is 10.7. The van der Waals surface area contributed by atoms with Crippen LogP contribution in [0.4, 0.5) is 11.4 Å². The highest BCUT2D eigenvalue weighted by Gasteiger charge is 2.09. The number of amides is 2. The number of hydrazone groups is 1. The molecular formula is C22H17ClN4O5.